The molecule has 0 bridgehead atoms. The Bertz CT molecular complexity index is 884. The van der Waals surface area contributed by atoms with Crippen molar-refractivity contribution in [2.75, 3.05) is 32.8 Å². The highest BCUT2D eigenvalue weighted by molar-refractivity contribution is 5.77. The zero-order valence-electron chi connectivity index (χ0n) is 17.2. The second kappa shape index (κ2) is 8.49. The Labute approximate surface area is 177 Å². The third-order valence-corrected chi connectivity index (χ3v) is 6.96. The van der Waals surface area contributed by atoms with Crippen molar-refractivity contribution in [2.45, 2.75) is 43.9 Å². The first-order chi connectivity index (χ1) is 14.7. The highest BCUT2D eigenvalue weighted by Gasteiger charge is 2.34. The highest BCUT2D eigenvalue weighted by Crippen LogP contribution is 2.42. The van der Waals surface area contributed by atoms with Crippen LogP contribution in [0.5, 0.6) is 0 Å². The van der Waals surface area contributed by atoms with Crippen LogP contribution in [0.2, 0.25) is 0 Å². The van der Waals surface area contributed by atoms with Gasteiger partial charge in [0.05, 0.1) is 36.5 Å². The first-order valence-corrected chi connectivity index (χ1v) is 11.1. The van der Waals surface area contributed by atoms with Crippen LogP contribution in [0.15, 0.2) is 36.8 Å². The van der Waals surface area contributed by atoms with Crippen molar-refractivity contribution in [3.63, 3.8) is 0 Å². The molecule has 4 heterocycles. The maximum Gasteiger partial charge on any atom is 0.248 e. The Morgan fingerprint density at radius 2 is 2.10 bits per heavy atom. The van der Waals surface area contributed by atoms with Gasteiger partial charge >= 0.3 is 0 Å². The lowest BCUT2D eigenvalue weighted by Crippen LogP contribution is -2.43. The van der Waals surface area contributed by atoms with Gasteiger partial charge in [0.25, 0.3) is 0 Å². The maximum absolute atomic E-state index is 12.5. The van der Waals surface area contributed by atoms with Gasteiger partial charge in [0.15, 0.2) is 0 Å². The summed E-state index contributed by atoms with van der Waals surface area (Å²) in [6.07, 6.45) is 6.87. The van der Waals surface area contributed by atoms with Crippen LogP contribution >= 0.6 is 0 Å². The van der Waals surface area contributed by atoms with Crippen LogP contribution in [-0.4, -0.2) is 70.5 Å². The molecule has 3 unspecified atom stereocenters. The van der Waals surface area contributed by atoms with Crippen molar-refractivity contribution in [3.05, 3.63) is 42.4 Å². The molecule has 2 fully saturated rings. The van der Waals surface area contributed by atoms with Crippen molar-refractivity contribution >= 4 is 5.91 Å². The highest BCUT2D eigenvalue weighted by atomic mass is 16.5. The summed E-state index contributed by atoms with van der Waals surface area (Å²) in [5.41, 5.74) is 3.60. The van der Waals surface area contributed by atoms with E-state index in [9.17, 15) is 9.90 Å². The number of nitrogens with one attached hydrogen (secondary N) is 1. The summed E-state index contributed by atoms with van der Waals surface area (Å²) in [5.74, 6) is 0.288. The Morgan fingerprint density at radius 1 is 1.27 bits per heavy atom. The molecule has 1 aromatic carbocycles. The van der Waals surface area contributed by atoms with Gasteiger partial charge in [0.1, 0.15) is 6.61 Å². The molecule has 0 radical (unpaired) electrons. The van der Waals surface area contributed by atoms with E-state index in [1.807, 2.05) is 17.4 Å². The first kappa shape index (κ1) is 19.7. The Hall–Kier alpha value is -2.22. The SMILES string of the molecule is O=C(COC1CCNC1)N1CCC(C(O)CC2c3ccccc3-c3cncn32)CC1. The summed E-state index contributed by atoms with van der Waals surface area (Å²) in [4.78, 5) is 18.7. The molecule has 160 valence electrons. The first-order valence-electron chi connectivity index (χ1n) is 11.1. The van der Waals surface area contributed by atoms with Gasteiger partial charge in [0, 0.05) is 25.2 Å². The number of ether oxygens (including phenoxy) is 1. The summed E-state index contributed by atoms with van der Waals surface area (Å²) < 4.78 is 7.91. The average Bonchev–Trinajstić information content (AvgIpc) is 3.52. The number of piperidine rings is 1. The molecule has 3 aliphatic heterocycles. The minimum atomic E-state index is -0.394. The van der Waals surface area contributed by atoms with Crippen molar-refractivity contribution in [1.82, 2.24) is 19.8 Å². The van der Waals surface area contributed by atoms with Gasteiger partial charge in [-0.15, -0.1) is 0 Å². The molecule has 30 heavy (non-hydrogen) atoms. The molecule has 1 amide bonds. The number of imidazole rings is 1. The zero-order valence-corrected chi connectivity index (χ0v) is 17.2. The molecule has 5 rings (SSSR count). The normalized spacial score (nSPS) is 24.6. The van der Waals surface area contributed by atoms with Crippen LogP contribution < -0.4 is 5.32 Å². The second-order valence-corrected chi connectivity index (χ2v) is 8.74. The summed E-state index contributed by atoms with van der Waals surface area (Å²) in [6.45, 7) is 3.37. The minimum Gasteiger partial charge on any atom is -0.393 e. The molecule has 3 atom stereocenters. The summed E-state index contributed by atoms with van der Waals surface area (Å²) in [7, 11) is 0. The second-order valence-electron chi connectivity index (χ2n) is 8.74. The van der Waals surface area contributed by atoms with Crippen molar-refractivity contribution < 1.29 is 14.6 Å². The molecule has 0 spiro atoms. The number of benzene rings is 1. The molecule has 2 aromatic rings. The van der Waals surface area contributed by atoms with Gasteiger partial charge in [-0.2, -0.15) is 0 Å². The fourth-order valence-electron chi connectivity index (χ4n) is 5.18. The van der Waals surface area contributed by atoms with Gasteiger partial charge in [-0.05, 0) is 43.7 Å². The van der Waals surface area contributed by atoms with Crippen LogP contribution in [0.1, 0.15) is 37.3 Å². The van der Waals surface area contributed by atoms with E-state index in [2.05, 4.69) is 39.1 Å². The number of amides is 1. The van der Waals surface area contributed by atoms with Crippen molar-refractivity contribution in [3.8, 4) is 11.3 Å². The van der Waals surface area contributed by atoms with E-state index in [1.54, 1.807) is 0 Å². The fraction of sp³-hybridized carbons (Fsp3) is 0.565. The Morgan fingerprint density at radius 3 is 2.90 bits per heavy atom. The third-order valence-electron chi connectivity index (χ3n) is 6.96. The number of aromatic nitrogens is 2. The number of fused-ring (bicyclic) bond motifs is 3. The lowest BCUT2D eigenvalue weighted by atomic mass is 9.86. The number of likely N-dealkylation sites (tertiary alicyclic amines) is 1. The number of hydrogen-bond acceptors (Lipinski definition) is 5. The molecule has 7 heteroatoms. The standard InChI is InChI=1S/C23H30N4O3/c28-22(11-20-18-3-1-2-4-19(18)21-13-25-15-27(20)21)16-6-9-26(10-7-16)23(29)14-30-17-5-8-24-12-17/h1-4,13,15-17,20,22,24,28H,5-12,14H2. The van der Waals surface area contributed by atoms with Gasteiger partial charge in [-0.25, -0.2) is 4.98 Å². The van der Waals surface area contributed by atoms with Crippen LogP contribution in [0.3, 0.4) is 0 Å². The van der Waals surface area contributed by atoms with Gasteiger partial charge in [-0.1, -0.05) is 24.3 Å². The number of rotatable bonds is 6. The molecule has 1 aromatic heterocycles. The quantitative estimate of drug-likeness (QED) is 0.760. The van der Waals surface area contributed by atoms with E-state index in [0.717, 1.165) is 38.0 Å². The van der Waals surface area contributed by atoms with Crippen molar-refractivity contribution in [1.29, 1.82) is 0 Å². The van der Waals surface area contributed by atoms with Crippen LogP contribution in [-0.2, 0) is 9.53 Å². The predicted octanol–water partition coefficient (Wildman–Crippen LogP) is 1.82. The largest absolute Gasteiger partial charge is 0.393 e. The van der Waals surface area contributed by atoms with Crippen LogP contribution in [0, 0.1) is 5.92 Å². The lowest BCUT2D eigenvalue weighted by molar-refractivity contribution is -0.139. The van der Waals surface area contributed by atoms with E-state index in [0.29, 0.717) is 19.5 Å². The third kappa shape index (κ3) is 3.77. The number of aliphatic hydroxyl groups is 1. The Balaban J connectivity index is 1.15. The molecular weight excluding hydrogens is 380 g/mol. The monoisotopic (exact) mass is 410 g/mol. The molecule has 3 aliphatic rings. The molecule has 2 saturated heterocycles. The number of aliphatic hydroxyl groups excluding tert-OH is 1. The number of nitrogens with zero attached hydrogens (tertiary/aromatic N) is 3. The van der Waals surface area contributed by atoms with Crippen LogP contribution in [0.25, 0.3) is 11.3 Å². The average molecular weight is 411 g/mol. The summed E-state index contributed by atoms with van der Waals surface area (Å²) in [6, 6.07) is 8.52. The van der Waals surface area contributed by atoms with E-state index in [1.165, 1.54) is 11.1 Å². The molecule has 2 N–H and O–H groups in total. The van der Waals surface area contributed by atoms with E-state index in [-0.39, 0.29) is 30.6 Å². The van der Waals surface area contributed by atoms with E-state index >= 15 is 0 Å². The number of carbonyl (C=O) groups excluding carboxylic acids is 1. The van der Waals surface area contributed by atoms with E-state index in [4.69, 9.17) is 4.74 Å². The van der Waals surface area contributed by atoms with Crippen LogP contribution in [0.4, 0.5) is 0 Å². The molecule has 0 aliphatic carbocycles. The molecule has 0 saturated carbocycles. The summed E-state index contributed by atoms with van der Waals surface area (Å²) >= 11 is 0. The number of carbonyl (C=O) groups is 1. The molecule has 7 nitrogen and oxygen atoms in total. The smallest absolute Gasteiger partial charge is 0.248 e. The predicted molar refractivity (Wildman–Crippen MR) is 113 cm³/mol. The number of hydrogen-bond donors (Lipinski definition) is 2. The van der Waals surface area contributed by atoms with E-state index < -0.39 is 6.10 Å². The fourth-order valence-corrected chi connectivity index (χ4v) is 5.18. The van der Waals surface area contributed by atoms with Gasteiger partial charge in [-0.3, -0.25) is 4.79 Å². The minimum absolute atomic E-state index is 0.0719. The molecular formula is C23H30N4O3. The summed E-state index contributed by atoms with van der Waals surface area (Å²) in [5, 5.41) is 14.3. The van der Waals surface area contributed by atoms with Gasteiger partial charge in [0.2, 0.25) is 5.91 Å². The Kier molecular flexibility index (Phi) is 5.58. The van der Waals surface area contributed by atoms with Crippen molar-refractivity contribution in [2.24, 2.45) is 5.92 Å². The lowest BCUT2D eigenvalue weighted by Gasteiger charge is -2.35. The van der Waals surface area contributed by atoms with Gasteiger partial charge < -0.3 is 24.6 Å². The topological polar surface area (TPSA) is 79.6 Å². The zero-order chi connectivity index (χ0) is 20.5. The maximum atomic E-state index is 12.5.